The predicted octanol–water partition coefficient (Wildman–Crippen LogP) is -13.2. The molecule has 302 valence electrons. The van der Waals surface area contributed by atoms with Crippen LogP contribution in [0.3, 0.4) is 0 Å². The van der Waals surface area contributed by atoms with E-state index in [1.54, 1.807) is 0 Å². The van der Waals surface area contributed by atoms with Crippen molar-refractivity contribution in [3.63, 3.8) is 0 Å². The van der Waals surface area contributed by atoms with Crippen LogP contribution in [0.2, 0.25) is 0 Å². The van der Waals surface area contributed by atoms with Gasteiger partial charge in [0.15, 0.2) is 0 Å². The number of nitrogens with two attached hydrogens (primary N) is 6. The van der Waals surface area contributed by atoms with E-state index >= 15 is 0 Å². The molecule has 3 rings (SSSR count). The van der Waals surface area contributed by atoms with Gasteiger partial charge in [-0.3, -0.25) is 0 Å². The first-order valence-corrected chi connectivity index (χ1v) is 13.0. The molecule has 0 aliphatic carbocycles. The standard InChI is InChI=1S/3C7H5NO4.3C2H8N2.Co.La.4H2O/c3*9-6(10)4-2-1-3-5(8-4)7(11)12;3*3-1-2-4;;;;;;/h3*1-3H,(H,9,10)(H,11,12);3*1-4H2;;;4*1H2/q;;;;;;2*+3;;;;/p-6. The van der Waals surface area contributed by atoms with Crippen molar-refractivity contribution in [3.8, 4) is 0 Å². The molecule has 0 radical (unpaired) electrons. The maximum atomic E-state index is 10.2. The Labute approximate surface area is 345 Å². The van der Waals surface area contributed by atoms with Crippen LogP contribution in [0.15, 0.2) is 54.6 Å². The topological polar surface area (TPSA) is 562 Å². The molecule has 0 fully saturated rings. The quantitative estimate of drug-likeness (QED) is 0.116. The van der Waals surface area contributed by atoms with Crippen LogP contribution >= 0.6 is 0 Å². The van der Waals surface area contributed by atoms with Gasteiger partial charge in [-0.15, -0.1) is 0 Å². The minimum atomic E-state index is -1.52. The van der Waals surface area contributed by atoms with Crippen LogP contribution in [0.4, 0.5) is 0 Å². The first-order valence-electron chi connectivity index (χ1n) is 13.0. The van der Waals surface area contributed by atoms with Crippen LogP contribution in [-0.4, -0.2) is 112 Å². The van der Waals surface area contributed by atoms with Gasteiger partial charge in [0.05, 0.1) is 70.0 Å². The van der Waals surface area contributed by atoms with Crippen LogP contribution in [-0.2, 0) is 16.8 Å². The Hall–Kier alpha value is -4.43. The van der Waals surface area contributed by atoms with Crippen molar-refractivity contribution < 1.29 is 134 Å². The fourth-order valence-electron chi connectivity index (χ4n) is 1.99. The molecule has 0 aliphatic rings. The van der Waals surface area contributed by atoms with Gasteiger partial charge < -0.3 is 116 Å². The maximum absolute atomic E-state index is 10.2. The molecule has 0 saturated heterocycles. The molecule has 3 heterocycles. The van der Waals surface area contributed by atoms with Crippen molar-refractivity contribution in [1.29, 1.82) is 0 Å². The zero-order chi connectivity index (χ0) is 37.7. The summed E-state index contributed by atoms with van der Waals surface area (Å²) in [7, 11) is 0. The van der Waals surface area contributed by atoms with E-state index in [9.17, 15) is 59.4 Å². The molecule has 20 N–H and O–H groups in total. The molecule has 0 spiro atoms. The predicted molar refractivity (Wildman–Crippen MR) is 167 cm³/mol. The van der Waals surface area contributed by atoms with Gasteiger partial charge in [-0.2, -0.15) is 0 Å². The number of pyridine rings is 3. The van der Waals surface area contributed by atoms with Crippen LogP contribution in [0.25, 0.3) is 0 Å². The molecule has 0 aromatic carbocycles. The number of carboxylic acid groups (broad SMARTS) is 6. The Bertz CT molecular complexity index is 1200. The number of carboxylic acids is 6. The number of aromatic nitrogens is 3. The molecular weight excluding hydrogens is 904 g/mol. The first kappa shape index (κ1) is 71.0. The second-order valence-electron chi connectivity index (χ2n) is 7.68. The maximum Gasteiger partial charge on any atom is 3.00 e. The van der Waals surface area contributed by atoms with E-state index in [2.05, 4.69) is 15.0 Å². The largest absolute Gasteiger partial charge is 3.00 e. The van der Waals surface area contributed by atoms with E-state index in [1.165, 1.54) is 18.2 Å². The molecule has 3 aromatic rings. The number of hydrogen-bond acceptors (Lipinski definition) is 21. The second kappa shape index (κ2) is 44.7. The summed E-state index contributed by atoms with van der Waals surface area (Å²) in [4.78, 5) is 70.9. The molecule has 0 atom stereocenters. The summed E-state index contributed by atoms with van der Waals surface area (Å²) in [5, 5.41) is 61.1. The van der Waals surface area contributed by atoms with Gasteiger partial charge in [0, 0.05) is 39.3 Å². The number of carbonyl (C=O) groups is 6. The van der Waals surface area contributed by atoms with Crippen molar-refractivity contribution in [2.75, 3.05) is 39.3 Å². The molecule has 0 unspecified atom stereocenters. The number of aromatic carboxylic acids is 6. The van der Waals surface area contributed by atoms with E-state index in [4.69, 9.17) is 34.4 Å². The van der Waals surface area contributed by atoms with Crippen LogP contribution in [0.1, 0.15) is 62.9 Å². The van der Waals surface area contributed by atoms with E-state index in [0.29, 0.717) is 39.3 Å². The summed E-state index contributed by atoms with van der Waals surface area (Å²) in [5.41, 5.74) is 26.9. The monoisotopic (exact) mass is 945 g/mol. The van der Waals surface area contributed by atoms with Gasteiger partial charge in [0.2, 0.25) is 0 Å². The number of carbonyl (C=O) groups excluding carboxylic acids is 6. The molecule has 54 heavy (non-hydrogen) atoms. The summed E-state index contributed by atoms with van der Waals surface area (Å²) in [6.45, 7) is 3.58. The molecule has 25 nitrogen and oxygen atoms in total. The Morgan fingerprint density at radius 3 is 0.556 bits per heavy atom. The zero-order valence-corrected chi connectivity index (χ0v) is 32.7. The normalized spacial score (nSPS) is 7.89. The molecular formula is C27H41CoLaN9O16. The first-order chi connectivity index (χ1) is 22.6. The number of rotatable bonds is 9. The molecule has 0 amide bonds. The van der Waals surface area contributed by atoms with Crippen molar-refractivity contribution >= 4 is 35.8 Å². The van der Waals surface area contributed by atoms with E-state index in [-0.39, 0.29) is 74.3 Å². The zero-order valence-electron chi connectivity index (χ0n) is 28.1. The van der Waals surface area contributed by atoms with Gasteiger partial charge in [-0.25, -0.2) is 15.0 Å². The van der Waals surface area contributed by atoms with E-state index in [0.717, 1.165) is 36.4 Å². The summed E-state index contributed by atoms with van der Waals surface area (Å²) < 4.78 is 0. The van der Waals surface area contributed by atoms with E-state index < -0.39 is 70.0 Å². The Morgan fingerprint density at radius 2 is 0.481 bits per heavy atom. The summed E-state index contributed by atoms with van der Waals surface area (Å²) in [6, 6.07) is 10.6. The van der Waals surface area contributed by atoms with E-state index in [1.807, 2.05) is 0 Å². The van der Waals surface area contributed by atoms with Crippen LogP contribution < -0.4 is 65.0 Å². The van der Waals surface area contributed by atoms with Crippen molar-refractivity contribution in [1.82, 2.24) is 15.0 Å². The van der Waals surface area contributed by atoms with Gasteiger partial charge in [0.25, 0.3) is 0 Å². The molecule has 3 aromatic heterocycles. The Morgan fingerprint density at radius 1 is 0.370 bits per heavy atom. The summed E-state index contributed by atoms with van der Waals surface area (Å²) >= 11 is 0. The Kier molecular flexibility index (Phi) is 58.9. The fourth-order valence-corrected chi connectivity index (χ4v) is 1.99. The van der Waals surface area contributed by atoms with Gasteiger partial charge >= 0.3 is 52.4 Å². The van der Waals surface area contributed by atoms with Crippen molar-refractivity contribution in [3.05, 3.63) is 88.8 Å². The minimum absolute atomic E-state index is 0. The third kappa shape index (κ3) is 37.3. The third-order valence-electron chi connectivity index (χ3n) is 4.00. The fraction of sp³-hybridized carbons (Fsp3) is 0.222. The SMILES string of the molecule is NCCN.NCCN.NCCN.O.O.O.O.O=C([O-])c1cccc(C(=O)[O-])n1.O=C([O-])c1cccc(C(=O)[O-])n1.O=C([O-])c1cccc(C(=O)[O-])n1.[Co+3].[La+3]. The van der Waals surface area contributed by atoms with Crippen molar-refractivity contribution in [2.24, 2.45) is 34.4 Å². The molecule has 0 aliphatic heterocycles. The Balaban J connectivity index is -0.0000000667. The second-order valence-corrected chi connectivity index (χ2v) is 7.68. The van der Waals surface area contributed by atoms with Crippen molar-refractivity contribution in [2.45, 2.75) is 0 Å². The third-order valence-corrected chi connectivity index (χ3v) is 4.00. The molecule has 27 heteroatoms. The average Bonchev–Trinajstić information content (AvgIpc) is 3.09. The number of nitrogens with zero attached hydrogens (tertiary/aromatic N) is 3. The average molecular weight is 946 g/mol. The number of hydrogen-bond donors (Lipinski definition) is 6. The van der Waals surface area contributed by atoms with Gasteiger partial charge in [-0.05, 0) is 36.4 Å². The molecule has 0 saturated carbocycles. The minimum Gasteiger partial charge on any atom is -0.543 e. The summed E-state index contributed by atoms with van der Waals surface area (Å²) in [6.07, 6.45) is 0. The van der Waals surface area contributed by atoms with Gasteiger partial charge in [-0.1, -0.05) is 18.2 Å². The summed E-state index contributed by atoms with van der Waals surface area (Å²) in [5.74, 6) is -9.09. The van der Waals surface area contributed by atoms with Crippen LogP contribution in [0.5, 0.6) is 0 Å². The van der Waals surface area contributed by atoms with Crippen LogP contribution in [0, 0.1) is 35.6 Å². The molecule has 0 bridgehead atoms. The smallest absolute Gasteiger partial charge is 0.543 e. The van der Waals surface area contributed by atoms with Gasteiger partial charge in [0.1, 0.15) is 0 Å².